The average Bonchev–Trinajstić information content (AvgIpc) is 3.46. The van der Waals surface area contributed by atoms with Crippen LogP contribution in [0.2, 0.25) is 0 Å². The van der Waals surface area contributed by atoms with Gasteiger partial charge in [0.15, 0.2) is 0 Å². The van der Waals surface area contributed by atoms with Gasteiger partial charge in [-0.1, -0.05) is 188 Å². The van der Waals surface area contributed by atoms with Gasteiger partial charge in [-0.2, -0.15) is 0 Å². The van der Waals surface area contributed by atoms with E-state index in [9.17, 15) is 9.59 Å². The molecule has 0 spiro atoms. The Morgan fingerprint density at radius 2 is 0.553 bits per heavy atom. The molecular formula is C68H86O8. The minimum Gasteiger partial charge on any atom is -0.494 e. The summed E-state index contributed by atoms with van der Waals surface area (Å²) < 4.78 is 34.9. The van der Waals surface area contributed by atoms with Crippen LogP contribution in [0.1, 0.15) is 174 Å². The van der Waals surface area contributed by atoms with Crippen molar-refractivity contribution in [3.8, 4) is 44.9 Å². The standard InChI is InChI=1S/C68H86O8/c1-3-5-7-9-11-19-49-73-65-43-39-61(40-44-65)59-31-35-63(36-32-59)67(69)75-51-21-15-13-17-47-71-53-55-23-27-57(28-24-55)58-29-25-56(26-30-58)54-72-48-18-14-16-22-52-76-68(70)64-37-33-60(34-38-64)62-41-45-66(46-42-62)74-50-20-12-10-8-6-4-2/h23-46H,3-22,47-54H2,1-2H3. The van der Waals surface area contributed by atoms with Gasteiger partial charge in [0, 0.05) is 13.2 Å². The minimum atomic E-state index is -0.280. The Kier molecular flexibility index (Phi) is 27.9. The molecule has 0 aliphatic heterocycles. The SMILES string of the molecule is CCCCCCCCOc1ccc(-c2ccc(C(=O)OCCCCCCOCc3ccc(-c4ccc(COCCCCCCOC(=O)c5ccc(-c6ccc(OCCCCCCCC)cc6)cc5)cc4)cc3)cc2)cc1. The third-order valence-electron chi connectivity index (χ3n) is 13.8. The number of benzene rings is 6. The molecule has 8 nitrogen and oxygen atoms in total. The van der Waals surface area contributed by atoms with Crippen molar-refractivity contribution in [2.45, 2.75) is 155 Å². The van der Waals surface area contributed by atoms with Crippen LogP contribution in [0.4, 0.5) is 0 Å². The second-order valence-corrected chi connectivity index (χ2v) is 20.0. The third-order valence-corrected chi connectivity index (χ3v) is 13.8. The maximum Gasteiger partial charge on any atom is 0.338 e. The van der Waals surface area contributed by atoms with Gasteiger partial charge in [0.05, 0.1) is 50.8 Å². The number of hydrogen-bond acceptors (Lipinski definition) is 8. The molecule has 0 unspecified atom stereocenters. The van der Waals surface area contributed by atoms with Gasteiger partial charge in [-0.15, -0.1) is 0 Å². The number of unbranched alkanes of at least 4 members (excludes halogenated alkanes) is 16. The number of rotatable bonds is 39. The van der Waals surface area contributed by atoms with E-state index < -0.39 is 0 Å². The fraction of sp³-hybridized carbons (Fsp3) is 0.441. The van der Waals surface area contributed by atoms with Crippen LogP contribution in [0.15, 0.2) is 146 Å². The zero-order valence-corrected chi connectivity index (χ0v) is 45.9. The first-order valence-corrected chi connectivity index (χ1v) is 28.8. The smallest absolute Gasteiger partial charge is 0.338 e. The van der Waals surface area contributed by atoms with E-state index in [0.717, 1.165) is 122 Å². The molecule has 0 bridgehead atoms. The Hall–Kier alpha value is -6.22. The summed E-state index contributed by atoms with van der Waals surface area (Å²) in [5.41, 5.74) is 10.1. The molecule has 0 saturated carbocycles. The minimum absolute atomic E-state index is 0.280. The zero-order chi connectivity index (χ0) is 53.1. The maximum atomic E-state index is 12.7. The monoisotopic (exact) mass is 1030 g/mol. The second kappa shape index (κ2) is 35.9. The summed E-state index contributed by atoms with van der Waals surface area (Å²) >= 11 is 0. The summed E-state index contributed by atoms with van der Waals surface area (Å²) in [6, 6.07) is 48.7. The molecule has 0 amide bonds. The molecule has 0 aliphatic rings. The number of hydrogen-bond donors (Lipinski definition) is 0. The van der Waals surface area contributed by atoms with Crippen LogP contribution >= 0.6 is 0 Å². The largest absolute Gasteiger partial charge is 0.494 e. The van der Waals surface area contributed by atoms with Crippen molar-refractivity contribution in [1.82, 2.24) is 0 Å². The average molecular weight is 1030 g/mol. The topological polar surface area (TPSA) is 89.5 Å². The second-order valence-electron chi connectivity index (χ2n) is 20.0. The van der Waals surface area contributed by atoms with E-state index in [2.05, 4.69) is 86.6 Å². The molecule has 6 rings (SSSR count). The number of carbonyl (C=O) groups excluding carboxylic acids is 2. The first-order chi connectivity index (χ1) is 37.5. The molecule has 6 aromatic rings. The highest BCUT2D eigenvalue weighted by Crippen LogP contribution is 2.26. The number of esters is 2. The van der Waals surface area contributed by atoms with Crippen molar-refractivity contribution in [3.05, 3.63) is 168 Å². The van der Waals surface area contributed by atoms with Gasteiger partial charge >= 0.3 is 11.9 Å². The van der Waals surface area contributed by atoms with Crippen molar-refractivity contribution in [1.29, 1.82) is 0 Å². The highest BCUT2D eigenvalue weighted by molar-refractivity contribution is 5.90. The van der Waals surface area contributed by atoms with Gasteiger partial charge in [-0.25, -0.2) is 9.59 Å². The van der Waals surface area contributed by atoms with E-state index >= 15 is 0 Å². The molecule has 0 saturated heterocycles. The Morgan fingerprint density at radius 3 is 0.882 bits per heavy atom. The molecule has 0 aliphatic carbocycles. The van der Waals surface area contributed by atoms with Crippen LogP contribution in [-0.2, 0) is 32.2 Å². The summed E-state index contributed by atoms with van der Waals surface area (Å²) in [5.74, 6) is 1.23. The summed E-state index contributed by atoms with van der Waals surface area (Å²) in [4.78, 5) is 25.3. The van der Waals surface area contributed by atoms with Crippen LogP contribution in [0.3, 0.4) is 0 Å². The highest BCUT2D eigenvalue weighted by atomic mass is 16.5. The molecule has 406 valence electrons. The summed E-state index contributed by atoms with van der Waals surface area (Å²) in [5, 5.41) is 0. The van der Waals surface area contributed by atoms with Gasteiger partial charge in [-0.3, -0.25) is 0 Å². The van der Waals surface area contributed by atoms with E-state index in [1.165, 1.54) is 75.3 Å². The molecular weight excluding hydrogens is 945 g/mol. The quantitative estimate of drug-likeness (QED) is 0.0279. The molecule has 0 fully saturated rings. The molecule has 0 heterocycles. The van der Waals surface area contributed by atoms with Gasteiger partial charge in [0.25, 0.3) is 0 Å². The zero-order valence-electron chi connectivity index (χ0n) is 45.9. The summed E-state index contributed by atoms with van der Waals surface area (Å²) in [6.45, 7) is 9.40. The van der Waals surface area contributed by atoms with Crippen molar-refractivity contribution in [2.24, 2.45) is 0 Å². The van der Waals surface area contributed by atoms with Crippen LogP contribution < -0.4 is 9.47 Å². The lowest BCUT2D eigenvalue weighted by atomic mass is 10.0. The molecule has 6 aromatic carbocycles. The molecule has 0 atom stereocenters. The van der Waals surface area contributed by atoms with E-state index in [1.54, 1.807) is 0 Å². The molecule has 0 N–H and O–H groups in total. The Balaban J connectivity index is 0.731. The maximum absolute atomic E-state index is 12.7. The van der Waals surface area contributed by atoms with E-state index in [-0.39, 0.29) is 11.9 Å². The fourth-order valence-electron chi connectivity index (χ4n) is 9.01. The highest BCUT2D eigenvalue weighted by Gasteiger charge is 2.10. The summed E-state index contributed by atoms with van der Waals surface area (Å²) in [7, 11) is 0. The molecule has 76 heavy (non-hydrogen) atoms. The van der Waals surface area contributed by atoms with Crippen LogP contribution in [-0.4, -0.2) is 51.6 Å². The number of ether oxygens (including phenoxy) is 6. The fourth-order valence-corrected chi connectivity index (χ4v) is 9.01. The van der Waals surface area contributed by atoms with E-state index in [0.29, 0.717) is 50.8 Å². The normalized spacial score (nSPS) is 11.1. The van der Waals surface area contributed by atoms with Gasteiger partial charge in [0.2, 0.25) is 0 Å². The first kappa shape index (κ1) is 59.0. The van der Waals surface area contributed by atoms with Gasteiger partial charge < -0.3 is 28.4 Å². The van der Waals surface area contributed by atoms with Crippen molar-refractivity contribution >= 4 is 11.9 Å². The van der Waals surface area contributed by atoms with Crippen LogP contribution in [0.5, 0.6) is 11.5 Å². The van der Waals surface area contributed by atoms with Crippen LogP contribution in [0.25, 0.3) is 33.4 Å². The van der Waals surface area contributed by atoms with Crippen molar-refractivity contribution in [3.63, 3.8) is 0 Å². The molecule has 8 heteroatoms. The predicted octanol–water partition coefficient (Wildman–Crippen LogP) is 18.0. The molecule has 0 aromatic heterocycles. The predicted molar refractivity (Wildman–Crippen MR) is 310 cm³/mol. The van der Waals surface area contributed by atoms with Crippen molar-refractivity contribution < 1.29 is 38.0 Å². The van der Waals surface area contributed by atoms with Crippen LogP contribution in [0, 0.1) is 0 Å². The Labute approximate surface area is 455 Å². The number of carbonyl (C=O) groups is 2. The molecule has 0 radical (unpaired) electrons. The lowest BCUT2D eigenvalue weighted by Gasteiger charge is -2.09. The van der Waals surface area contributed by atoms with E-state index in [1.807, 2.05) is 72.8 Å². The lowest BCUT2D eigenvalue weighted by Crippen LogP contribution is -2.06. The third kappa shape index (κ3) is 22.5. The van der Waals surface area contributed by atoms with Crippen molar-refractivity contribution in [2.75, 3.05) is 39.6 Å². The van der Waals surface area contributed by atoms with Gasteiger partial charge in [0.1, 0.15) is 11.5 Å². The lowest BCUT2D eigenvalue weighted by molar-refractivity contribution is 0.0487. The van der Waals surface area contributed by atoms with Gasteiger partial charge in [-0.05, 0) is 144 Å². The first-order valence-electron chi connectivity index (χ1n) is 28.8. The summed E-state index contributed by atoms with van der Waals surface area (Å²) in [6.07, 6.45) is 22.7. The van der Waals surface area contributed by atoms with E-state index in [4.69, 9.17) is 28.4 Å². The Bertz CT molecular complexity index is 2290. The Morgan fingerprint density at radius 1 is 0.289 bits per heavy atom.